The second-order valence-corrected chi connectivity index (χ2v) is 9.15. The van der Waals surface area contributed by atoms with Crippen LogP contribution in [-0.4, -0.2) is 43.3 Å². The second kappa shape index (κ2) is 14.5. The fourth-order valence-corrected chi connectivity index (χ4v) is 4.11. The van der Waals surface area contributed by atoms with Gasteiger partial charge in [0.1, 0.15) is 11.5 Å². The van der Waals surface area contributed by atoms with Crippen LogP contribution in [0.15, 0.2) is 103 Å². The summed E-state index contributed by atoms with van der Waals surface area (Å²) in [6, 6.07) is 31.9. The normalized spacial score (nSPS) is 11.7. The van der Waals surface area contributed by atoms with E-state index in [2.05, 4.69) is 0 Å². The van der Waals surface area contributed by atoms with Crippen molar-refractivity contribution in [2.24, 2.45) is 0 Å². The molecule has 4 aromatic carbocycles. The minimum Gasteiger partial charge on any atom is -0.493 e. The van der Waals surface area contributed by atoms with Crippen LogP contribution in [0.4, 0.5) is 0 Å². The van der Waals surface area contributed by atoms with Crippen LogP contribution in [-0.2, 0) is 16.0 Å². The minimum absolute atomic E-state index is 0.0237. The first-order chi connectivity index (χ1) is 19.5. The maximum atomic E-state index is 12.6. The Hall–Kier alpha value is -4.68. The highest BCUT2D eigenvalue weighted by molar-refractivity contribution is 6.09. The fraction of sp³-hybridized carbons (Fsp3) is 0.176. The zero-order valence-corrected chi connectivity index (χ0v) is 22.4. The first-order valence-electron chi connectivity index (χ1n) is 13.1. The van der Waals surface area contributed by atoms with Crippen LogP contribution in [0, 0.1) is 0 Å². The summed E-state index contributed by atoms with van der Waals surface area (Å²) in [4.78, 5) is 24.0. The van der Waals surface area contributed by atoms with Crippen LogP contribution in [0.1, 0.15) is 39.0 Å². The van der Waals surface area contributed by atoms with Gasteiger partial charge < -0.3 is 19.3 Å². The summed E-state index contributed by atoms with van der Waals surface area (Å²) in [7, 11) is 1.40. The lowest BCUT2D eigenvalue weighted by Crippen LogP contribution is -2.24. The molecule has 1 atom stereocenters. The summed E-state index contributed by atoms with van der Waals surface area (Å²) in [6.07, 6.45) is 3.94. The molecule has 4 aromatic rings. The van der Waals surface area contributed by atoms with Gasteiger partial charge in [-0.15, -0.1) is 0 Å². The van der Waals surface area contributed by atoms with E-state index in [1.54, 1.807) is 36.4 Å². The number of hydrogen-bond donors (Lipinski definition) is 1. The third-order valence-electron chi connectivity index (χ3n) is 6.28. The van der Waals surface area contributed by atoms with Crippen molar-refractivity contribution < 1.29 is 28.9 Å². The number of ketones is 1. The standard InChI is InChI=1S/C34H32O6/c1-38-32(34(36)37)24-26-14-20-31(29(23-26)15-13-25-9-4-2-5-10-25)40-22-8-21-39-30-18-16-28(17-19-30)33(35)27-11-6-3-7-12-27/h2-7,9-20,23,32H,8,21-22,24H2,1H3,(H,36,37). The molecular weight excluding hydrogens is 504 g/mol. The SMILES string of the molecule is COC(Cc1ccc(OCCCOc2ccc(C(=O)c3ccccc3)cc2)c(C=Cc2ccccc2)c1)C(=O)O. The van der Waals surface area contributed by atoms with Gasteiger partial charge >= 0.3 is 5.97 Å². The Labute approximate surface area is 234 Å². The van der Waals surface area contributed by atoms with E-state index >= 15 is 0 Å². The van der Waals surface area contributed by atoms with Gasteiger partial charge in [0.15, 0.2) is 11.9 Å². The molecule has 6 heteroatoms. The topological polar surface area (TPSA) is 82.1 Å². The smallest absolute Gasteiger partial charge is 0.333 e. The molecule has 0 fully saturated rings. The number of benzene rings is 4. The number of carbonyl (C=O) groups excluding carboxylic acids is 1. The average molecular weight is 537 g/mol. The number of carboxylic acids is 1. The number of carbonyl (C=O) groups is 2. The van der Waals surface area contributed by atoms with E-state index in [4.69, 9.17) is 14.2 Å². The van der Waals surface area contributed by atoms with Gasteiger partial charge in [0, 0.05) is 36.6 Å². The van der Waals surface area contributed by atoms with E-state index in [-0.39, 0.29) is 12.2 Å². The summed E-state index contributed by atoms with van der Waals surface area (Å²) < 4.78 is 17.0. The summed E-state index contributed by atoms with van der Waals surface area (Å²) in [5, 5.41) is 9.35. The average Bonchev–Trinajstić information content (AvgIpc) is 3.00. The molecule has 4 rings (SSSR count). The van der Waals surface area contributed by atoms with Gasteiger partial charge in [-0.25, -0.2) is 4.79 Å². The molecule has 0 amide bonds. The Morgan fingerprint density at radius 1 is 0.775 bits per heavy atom. The Morgan fingerprint density at radius 2 is 1.43 bits per heavy atom. The van der Waals surface area contributed by atoms with Crippen LogP contribution in [0.5, 0.6) is 11.5 Å². The molecule has 0 spiro atoms. The molecule has 204 valence electrons. The maximum absolute atomic E-state index is 12.6. The number of ether oxygens (including phenoxy) is 3. The molecule has 0 heterocycles. The van der Waals surface area contributed by atoms with Gasteiger partial charge in [0.25, 0.3) is 0 Å². The van der Waals surface area contributed by atoms with Crippen molar-refractivity contribution in [1.82, 2.24) is 0 Å². The van der Waals surface area contributed by atoms with Crippen molar-refractivity contribution >= 4 is 23.9 Å². The van der Waals surface area contributed by atoms with Crippen molar-refractivity contribution in [2.75, 3.05) is 20.3 Å². The monoisotopic (exact) mass is 536 g/mol. The number of rotatable bonds is 14. The van der Waals surface area contributed by atoms with E-state index in [0.717, 1.165) is 16.7 Å². The molecule has 6 nitrogen and oxygen atoms in total. The third kappa shape index (κ3) is 8.16. The van der Waals surface area contributed by atoms with Crippen LogP contribution in [0.25, 0.3) is 12.2 Å². The number of hydrogen-bond acceptors (Lipinski definition) is 5. The lowest BCUT2D eigenvalue weighted by molar-refractivity contribution is -0.148. The largest absolute Gasteiger partial charge is 0.493 e. The predicted octanol–water partition coefficient (Wildman–Crippen LogP) is 6.58. The summed E-state index contributed by atoms with van der Waals surface area (Å²) in [5.41, 5.74) is 4.00. The lowest BCUT2D eigenvalue weighted by Gasteiger charge is -2.14. The zero-order valence-electron chi connectivity index (χ0n) is 22.4. The Kier molecular flexibility index (Phi) is 10.2. The van der Waals surface area contributed by atoms with Crippen LogP contribution < -0.4 is 9.47 Å². The molecule has 1 N–H and O–H groups in total. The second-order valence-electron chi connectivity index (χ2n) is 9.15. The van der Waals surface area contributed by atoms with Crippen molar-refractivity contribution in [3.63, 3.8) is 0 Å². The maximum Gasteiger partial charge on any atom is 0.333 e. The van der Waals surface area contributed by atoms with Gasteiger partial charge in [-0.3, -0.25) is 4.79 Å². The van der Waals surface area contributed by atoms with Crippen LogP contribution >= 0.6 is 0 Å². The third-order valence-corrected chi connectivity index (χ3v) is 6.28. The van der Waals surface area contributed by atoms with E-state index < -0.39 is 12.1 Å². The minimum atomic E-state index is -0.998. The number of methoxy groups -OCH3 is 1. The summed E-state index contributed by atoms with van der Waals surface area (Å²) >= 11 is 0. The molecule has 1 unspecified atom stereocenters. The molecule has 0 aliphatic rings. The van der Waals surface area contributed by atoms with Crippen LogP contribution in [0.3, 0.4) is 0 Å². The molecule has 0 saturated carbocycles. The van der Waals surface area contributed by atoms with E-state index in [1.807, 2.05) is 78.9 Å². The highest BCUT2D eigenvalue weighted by atomic mass is 16.5. The van der Waals surface area contributed by atoms with Crippen molar-refractivity contribution in [1.29, 1.82) is 0 Å². The van der Waals surface area contributed by atoms with Gasteiger partial charge in [-0.05, 0) is 47.5 Å². The molecule has 0 aliphatic carbocycles. The molecule has 0 aromatic heterocycles. The van der Waals surface area contributed by atoms with E-state index in [9.17, 15) is 14.7 Å². The first kappa shape index (κ1) is 28.3. The first-order valence-corrected chi connectivity index (χ1v) is 13.1. The summed E-state index contributed by atoms with van der Waals surface area (Å²) in [6.45, 7) is 0.888. The summed E-state index contributed by atoms with van der Waals surface area (Å²) in [5.74, 6) is 0.363. The Morgan fingerprint density at radius 3 is 2.10 bits per heavy atom. The predicted molar refractivity (Wildman–Crippen MR) is 156 cm³/mol. The van der Waals surface area contributed by atoms with Gasteiger partial charge in [0.2, 0.25) is 0 Å². The highest BCUT2D eigenvalue weighted by Gasteiger charge is 2.17. The highest BCUT2D eigenvalue weighted by Crippen LogP contribution is 2.24. The van der Waals surface area contributed by atoms with Crippen molar-refractivity contribution in [3.8, 4) is 11.5 Å². The van der Waals surface area contributed by atoms with Crippen molar-refractivity contribution in [3.05, 3.63) is 131 Å². The fourth-order valence-electron chi connectivity index (χ4n) is 4.11. The van der Waals surface area contributed by atoms with E-state index in [1.165, 1.54) is 7.11 Å². The zero-order chi connectivity index (χ0) is 28.2. The molecule has 0 bridgehead atoms. The Balaban J connectivity index is 1.34. The van der Waals surface area contributed by atoms with Gasteiger partial charge in [-0.1, -0.05) is 78.9 Å². The van der Waals surface area contributed by atoms with Gasteiger partial charge in [-0.2, -0.15) is 0 Å². The van der Waals surface area contributed by atoms with Gasteiger partial charge in [0.05, 0.1) is 13.2 Å². The number of aliphatic carboxylic acids is 1. The quantitative estimate of drug-likeness (QED) is 0.111. The number of carboxylic acid groups (broad SMARTS) is 1. The molecule has 40 heavy (non-hydrogen) atoms. The molecular formula is C34H32O6. The Bertz CT molecular complexity index is 1410. The van der Waals surface area contributed by atoms with Crippen LogP contribution in [0.2, 0.25) is 0 Å². The molecule has 0 aliphatic heterocycles. The van der Waals surface area contributed by atoms with E-state index in [0.29, 0.717) is 42.3 Å². The molecule has 0 saturated heterocycles. The van der Waals surface area contributed by atoms with Crippen molar-refractivity contribution in [2.45, 2.75) is 18.9 Å². The molecule has 0 radical (unpaired) electrons. The lowest BCUT2D eigenvalue weighted by atomic mass is 10.0.